The summed E-state index contributed by atoms with van der Waals surface area (Å²) in [5.41, 5.74) is 2.78. The van der Waals surface area contributed by atoms with Gasteiger partial charge >= 0.3 is 6.03 Å². The van der Waals surface area contributed by atoms with Crippen LogP contribution in [0.1, 0.15) is 0 Å². The molecule has 0 spiro atoms. The number of hydrogen-bond acceptors (Lipinski definition) is 3. The summed E-state index contributed by atoms with van der Waals surface area (Å²) in [6, 6.07) is 15.1. The van der Waals surface area contributed by atoms with Crippen LogP contribution in [-0.2, 0) is 0 Å². The largest absolute Gasteiger partial charge is 0.367 e. The number of rotatable bonds is 4. The normalized spacial score (nSPS) is 13.8. The molecule has 0 bridgehead atoms. The molecule has 1 heterocycles. The number of carbonyl (C=O) groups excluding carboxylic acids is 1. The molecule has 2 aromatic rings. The third-order valence-corrected chi connectivity index (χ3v) is 4.52. The number of nitrogens with one attached hydrogen (secondary N) is 1. The van der Waals surface area contributed by atoms with Crippen molar-refractivity contribution in [2.45, 2.75) is 0 Å². The third-order valence-electron chi connectivity index (χ3n) is 4.26. The van der Waals surface area contributed by atoms with Crippen LogP contribution in [0.25, 0.3) is 0 Å². The first-order valence-electron chi connectivity index (χ1n) is 8.37. The molecule has 0 saturated carbocycles. The van der Waals surface area contributed by atoms with Crippen LogP contribution in [0.5, 0.6) is 0 Å². The molecular formula is C19H23ClN4O. The molecule has 0 aromatic heterocycles. The fraction of sp³-hybridized carbons (Fsp3) is 0.316. The van der Waals surface area contributed by atoms with Crippen molar-refractivity contribution in [1.29, 1.82) is 0 Å². The zero-order valence-corrected chi connectivity index (χ0v) is 15.3. The minimum absolute atomic E-state index is 0.123. The van der Waals surface area contributed by atoms with E-state index in [4.69, 9.17) is 11.6 Å². The molecule has 1 aliphatic rings. The molecule has 3 rings (SSSR count). The highest BCUT2D eigenvalue weighted by atomic mass is 35.5. The van der Waals surface area contributed by atoms with Crippen LogP contribution in [0.3, 0.4) is 0 Å². The number of halogens is 1. The van der Waals surface area contributed by atoms with Gasteiger partial charge in [-0.15, -0.1) is 0 Å². The van der Waals surface area contributed by atoms with Crippen molar-refractivity contribution < 1.29 is 4.79 Å². The molecule has 0 atom stereocenters. The van der Waals surface area contributed by atoms with E-state index in [0.717, 1.165) is 36.7 Å². The predicted molar refractivity (Wildman–Crippen MR) is 105 cm³/mol. The Balaban J connectivity index is 1.76. The Kier molecular flexibility index (Phi) is 5.46. The average molecular weight is 359 g/mol. The Labute approximate surface area is 153 Å². The molecule has 0 unspecified atom stereocenters. The summed E-state index contributed by atoms with van der Waals surface area (Å²) in [6.45, 7) is 3.39. The highest BCUT2D eigenvalue weighted by Gasteiger charge is 2.26. The minimum atomic E-state index is -0.123. The SMILES string of the molecule is CN(C)CCN1CCN(C(=O)Nc2ccc(Cl)cc2)c2ccccc21. The van der Waals surface area contributed by atoms with E-state index in [0.29, 0.717) is 11.6 Å². The van der Waals surface area contributed by atoms with Gasteiger partial charge in [-0.1, -0.05) is 23.7 Å². The van der Waals surface area contributed by atoms with Crippen LogP contribution in [-0.4, -0.2) is 51.2 Å². The molecule has 0 aliphatic carbocycles. The Hall–Kier alpha value is -2.24. The van der Waals surface area contributed by atoms with Crippen LogP contribution in [0.15, 0.2) is 48.5 Å². The highest BCUT2D eigenvalue weighted by molar-refractivity contribution is 6.30. The van der Waals surface area contributed by atoms with Gasteiger partial charge in [0.15, 0.2) is 0 Å². The smallest absolute Gasteiger partial charge is 0.326 e. The van der Waals surface area contributed by atoms with Gasteiger partial charge in [-0.05, 0) is 50.5 Å². The van der Waals surface area contributed by atoms with Crippen molar-refractivity contribution in [3.05, 3.63) is 53.6 Å². The lowest BCUT2D eigenvalue weighted by molar-refractivity contribution is 0.256. The third kappa shape index (κ3) is 4.24. The van der Waals surface area contributed by atoms with Crippen LogP contribution >= 0.6 is 11.6 Å². The molecule has 2 amide bonds. The van der Waals surface area contributed by atoms with Gasteiger partial charge in [-0.3, -0.25) is 4.90 Å². The van der Waals surface area contributed by atoms with Gasteiger partial charge in [-0.25, -0.2) is 4.79 Å². The molecule has 1 N–H and O–H groups in total. The topological polar surface area (TPSA) is 38.8 Å². The number of fused-ring (bicyclic) bond motifs is 1. The Morgan fingerprint density at radius 3 is 2.44 bits per heavy atom. The average Bonchev–Trinajstić information content (AvgIpc) is 2.61. The molecule has 6 heteroatoms. The number of anilines is 3. The summed E-state index contributed by atoms with van der Waals surface area (Å²) < 4.78 is 0. The molecule has 0 saturated heterocycles. The van der Waals surface area contributed by atoms with E-state index in [1.54, 1.807) is 29.2 Å². The van der Waals surface area contributed by atoms with Crippen molar-refractivity contribution >= 4 is 34.7 Å². The number of carbonyl (C=O) groups is 1. The van der Waals surface area contributed by atoms with Crippen LogP contribution < -0.4 is 15.1 Å². The van der Waals surface area contributed by atoms with E-state index in [9.17, 15) is 4.79 Å². The lowest BCUT2D eigenvalue weighted by atomic mass is 10.1. The van der Waals surface area contributed by atoms with E-state index in [1.165, 1.54) is 0 Å². The minimum Gasteiger partial charge on any atom is -0.367 e. The number of urea groups is 1. The van der Waals surface area contributed by atoms with Crippen molar-refractivity contribution in [2.75, 3.05) is 55.4 Å². The molecule has 25 heavy (non-hydrogen) atoms. The zero-order chi connectivity index (χ0) is 17.8. The second-order valence-corrected chi connectivity index (χ2v) is 6.80. The second-order valence-electron chi connectivity index (χ2n) is 6.37. The molecule has 0 radical (unpaired) electrons. The van der Waals surface area contributed by atoms with E-state index in [1.807, 2.05) is 18.2 Å². The van der Waals surface area contributed by atoms with Crippen molar-refractivity contribution in [1.82, 2.24) is 4.90 Å². The summed E-state index contributed by atoms with van der Waals surface area (Å²) in [7, 11) is 4.14. The summed E-state index contributed by atoms with van der Waals surface area (Å²) in [5, 5.41) is 3.60. The Bertz CT molecular complexity index is 732. The number of benzene rings is 2. The van der Waals surface area contributed by atoms with Gasteiger partial charge in [0.2, 0.25) is 0 Å². The maximum atomic E-state index is 12.7. The maximum Gasteiger partial charge on any atom is 0.326 e. The number of amides is 2. The van der Waals surface area contributed by atoms with Crippen molar-refractivity contribution in [2.24, 2.45) is 0 Å². The maximum absolute atomic E-state index is 12.7. The van der Waals surface area contributed by atoms with Gasteiger partial charge in [0.25, 0.3) is 0 Å². The lowest BCUT2D eigenvalue weighted by Crippen LogP contribution is -2.47. The zero-order valence-electron chi connectivity index (χ0n) is 14.6. The summed E-state index contributed by atoms with van der Waals surface area (Å²) >= 11 is 5.90. The first-order chi connectivity index (χ1) is 12.0. The summed E-state index contributed by atoms with van der Waals surface area (Å²) in [4.78, 5) is 19.0. The number of likely N-dealkylation sites (N-methyl/N-ethyl adjacent to an activating group) is 1. The fourth-order valence-corrected chi connectivity index (χ4v) is 3.04. The molecule has 0 fully saturated rings. The number of hydrogen-bond donors (Lipinski definition) is 1. The molecule has 1 aliphatic heterocycles. The van der Waals surface area contributed by atoms with Crippen LogP contribution in [0.4, 0.5) is 21.9 Å². The van der Waals surface area contributed by atoms with Gasteiger partial charge in [0.1, 0.15) is 0 Å². The van der Waals surface area contributed by atoms with E-state index >= 15 is 0 Å². The quantitative estimate of drug-likeness (QED) is 0.904. The molecule has 2 aromatic carbocycles. The standard InChI is InChI=1S/C19H23ClN4O/c1-22(2)11-12-23-13-14-24(18-6-4-3-5-17(18)23)19(25)21-16-9-7-15(20)8-10-16/h3-10H,11-14H2,1-2H3,(H,21,25). The second kappa shape index (κ2) is 7.76. The van der Waals surface area contributed by atoms with Gasteiger partial charge < -0.3 is 15.1 Å². The Morgan fingerprint density at radius 1 is 1.08 bits per heavy atom. The Morgan fingerprint density at radius 2 is 1.76 bits per heavy atom. The summed E-state index contributed by atoms with van der Waals surface area (Å²) in [5.74, 6) is 0. The van der Waals surface area contributed by atoms with E-state index in [2.05, 4.69) is 35.3 Å². The van der Waals surface area contributed by atoms with Crippen molar-refractivity contribution in [3.63, 3.8) is 0 Å². The molecule has 5 nitrogen and oxygen atoms in total. The van der Waals surface area contributed by atoms with Gasteiger partial charge in [-0.2, -0.15) is 0 Å². The molecule has 132 valence electrons. The fourth-order valence-electron chi connectivity index (χ4n) is 2.91. The predicted octanol–water partition coefficient (Wildman–Crippen LogP) is 3.76. The van der Waals surface area contributed by atoms with Crippen molar-refractivity contribution in [3.8, 4) is 0 Å². The number of para-hydroxylation sites is 2. The van der Waals surface area contributed by atoms with E-state index in [-0.39, 0.29) is 6.03 Å². The monoisotopic (exact) mass is 358 g/mol. The lowest BCUT2D eigenvalue weighted by Gasteiger charge is -2.38. The molecular weight excluding hydrogens is 336 g/mol. The highest BCUT2D eigenvalue weighted by Crippen LogP contribution is 2.33. The first kappa shape index (κ1) is 17.6. The van der Waals surface area contributed by atoms with Crippen LogP contribution in [0.2, 0.25) is 5.02 Å². The van der Waals surface area contributed by atoms with Gasteiger partial charge in [0.05, 0.1) is 11.4 Å². The number of nitrogens with zero attached hydrogens (tertiary/aromatic N) is 3. The van der Waals surface area contributed by atoms with Crippen LogP contribution in [0, 0.1) is 0 Å². The summed E-state index contributed by atoms with van der Waals surface area (Å²) in [6.07, 6.45) is 0. The van der Waals surface area contributed by atoms with Gasteiger partial charge in [0, 0.05) is 36.9 Å². The van der Waals surface area contributed by atoms with E-state index < -0.39 is 0 Å². The first-order valence-corrected chi connectivity index (χ1v) is 8.75.